The summed E-state index contributed by atoms with van der Waals surface area (Å²) in [7, 11) is 1.65. The molecule has 0 aliphatic carbocycles. The molecule has 0 radical (unpaired) electrons. The second-order valence-electron chi connectivity index (χ2n) is 5.18. The highest BCUT2D eigenvalue weighted by Gasteiger charge is 2.25. The monoisotopic (exact) mass is 244 g/mol. The molecule has 0 saturated heterocycles. The molecule has 1 unspecified atom stereocenters. The zero-order valence-corrected chi connectivity index (χ0v) is 11.9. The summed E-state index contributed by atoms with van der Waals surface area (Å²) < 4.78 is 5.04. The van der Waals surface area contributed by atoms with Gasteiger partial charge in [-0.1, -0.05) is 13.8 Å². The minimum atomic E-state index is -0.0609. The molecule has 1 atom stereocenters. The molecule has 0 aliphatic heterocycles. The highest BCUT2D eigenvalue weighted by molar-refractivity contribution is 5.79. The minimum Gasteiger partial charge on any atom is -0.383 e. The molecule has 0 fully saturated rings. The lowest BCUT2D eigenvalue weighted by molar-refractivity contribution is -0.138. The van der Waals surface area contributed by atoms with E-state index in [2.05, 4.69) is 13.8 Å². The van der Waals surface area contributed by atoms with Gasteiger partial charge in [0.1, 0.15) is 0 Å². The third-order valence-corrected chi connectivity index (χ3v) is 2.83. The molecule has 0 spiro atoms. The number of nitrogens with two attached hydrogens (primary N) is 1. The Morgan fingerprint density at radius 2 is 1.88 bits per heavy atom. The summed E-state index contributed by atoms with van der Waals surface area (Å²) >= 11 is 0. The molecular formula is C13H28N2O2. The highest BCUT2D eigenvalue weighted by atomic mass is 16.5. The molecule has 0 aromatic carbocycles. The van der Waals surface area contributed by atoms with E-state index in [9.17, 15) is 4.79 Å². The van der Waals surface area contributed by atoms with E-state index in [0.717, 1.165) is 6.42 Å². The van der Waals surface area contributed by atoms with Crippen LogP contribution in [0.2, 0.25) is 0 Å². The predicted molar refractivity (Wildman–Crippen MR) is 70.7 cm³/mol. The van der Waals surface area contributed by atoms with Crippen molar-refractivity contribution in [1.82, 2.24) is 4.90 Å². The second kappa shape index (κ2) is 8.48. The number of hydrogen-bond donors (Lipinski definition) is 1. The maximum Gasteiger partial charge on any atom is 0.227 e. The zero-order valence-electron chi connectivity index (χ0n) is 11.9. The van der Waals surface area contributed by atoms with Crippen LogP contribution in [0.15, 0.2) is 0 Å². The van der Waals surface area contributed by atoms with Crippen molar-refractivity contribution in [2.45, 2.75) is 40.2 Å². The number of carbonyl (C=O) groups excluding carboxylic acids is 1. The first-order valence-electron chi connectivity index (χ1n) is 6.43. The Kier molecular flexibility index (Phi) is 8.17. The smallest absolute Gasteiger partial charge is 0.227 e. The van der Waals surface area contributed by atoms with Crippen molar-refractivity contribution in [3.8, 4) is 0 Å². The van der Waals surface area contributed by atoms with Crippen molar-refractivity contribution in [3.63, 3.8) is 0 Å². The molecule has 0 bridgehead atoms. The van der Waals surface area contributed by atoms with Gasteiger partial charge in [-0.05, 0) is 26.2 Å². The molecule has 1 amide bonds. The van der Waals surface area contributed by atoms with E-state index < -0.39 is 0 Å². The average Bonchev–Trinajstić information content (AvgIpc) is 2.25. The Hall–Kier alpha value is -0.610. The Morgan fingerprint density at radius 3 is 2.24 bits per heavy atom. The van der Waals surface area contributed by atoms with Crippen LogP contribution in [-0.4, -0.2) is 43.7 Å². The minimum absolute atomic E-state index is 0.0609. The van der Waals surface area contributed by atoms with Gasteiger partial charge in [0.15, 0.2) is 0 Å². The number of rotatable bonds is 8. The van der Waals surface area contributed by atoms with Gasteiger partial charge >= 0.3 is 0 Å². The van der Waals surface area contributed by atoms with Crippen molar-refractivity contribution in [2.24, 2.45) is 17.6 Å². The fourth-order valence-corrected chi connectivity index (χ4v) is 1.91. The standard InChI is InChI=1S/C13H28N2O2/c1-10(2)8-12(9-14)13(16)15(11(3)4)6-7-17-5/h10-12H,6-9,14H2,1-5H3. The number of hydrogen-bond acceptors (Lipinski definition) is 3. The number of amides is 1. The first-order valence-corrected chi connectivity index (χ1v) is 6.43. The second-order valence-corrected chi connectivity index (χ2v) is 5.18. The number of nitrogens with zero attached hydrogens (tertiary/aromatic N) is 1. The third-order valence-electron chi connectivity index (χ3n) is 2.83. The summed E-state index contributed by atoms with van der Waals surface area (Å²) in [5.41, 5.74) is 5.71. The van der Waals surface area contributed by atoms with E-state index in [1.165, 1.54) is 0 Å². The number of methoxy groups -OCH3 is 1. The van der Waals surface area contributed by atoms with Crippen LogP contribution < -0.4 is 5.73 Å². The zero-order chi connectivity index (χ0) is 13.4. The Balaban J connectivity index is 4.55. The van der Waals surface area contributed by atoms with Crippen molar-refractivity contribution in [1.29, 1.82) is 0 Å². The SMILES string of the molecule is COCCN(C(=O)C(CN)CC(C)C)C(C)C. The topological polar surface area (TPSA) is 55.6 Å². The van der Waals surface area contributed by atoms with Gasteiger partial charge in [0.2, 0.25) is 5.91 Å². The van der Waals surface area contributed by atoms with E-state index in [1.54, 1.807) is 7.11 Å². The lowest BCUT2D eigenvalue weighted by Gasteiger charge is -2.30. The summed E-state index contributed by atoms with van der Waals surface area (Å²) in [6.45, 7) is 9.92. The molecular weight excluding hydrogens is 216 g/mol. The quantitative estimate of drug-likeness (QED) is 0.704. The summed E-state index contributed by atoms with van der Waals surface area (Å²) in [6, 6.07) is 0.193. The first-order chi connectivity index (χ1) is 7.93. The van der Waals surface area contributed by atoms with Gasteiger partial charge in [-0.3, -0.25) is 4.79 Å². The van der Waals surface area contributed by atoms with Gasteiger partial charge in [0.05, 0.1) is 12.5 Å². The third kappa shape index (κ3) is 6.03. The van der Waals surface area contributed by atoms with Crippen LogP contribution in [-0.2, 0) is 9.53 Å². The van der Waals surface area contributed by atoms with Crippen molar-refractivity contribution >= 4 is 5.91 Å². The maximum atomic E-state index is 12.3. The molecule has 102 valence electrons. The Labute approximate surface area is 105 Å². The fourth-order valence-electron chi connectivity index (χ4n) is 1.91. The molecule has 0 aliphatic rings. The van der Waals surface area contributed by atoms with Gasteiger partial charge in [-0.2, -0.15) is 0 Å². The van der Waals surface area contributed by atoms with Crippen LogP contribution in [0, 0.1) is 11.8 Å². The van der Waals surface area contributed by atoms with Crippen LogP contribution in [0.3, 0.4) is 0 Å². The largest absolute Gasteiger partial charge is 0.383 e. The van der Waals surface area contributed by atoms with Gasteiger partial charge in [-0.15, -0.1) is 0 Å². The maximum absolute atomic E-state index is 12.3. The molecule has 0 aromatic heterocycles. The van der Waals surface area contributed by atoms with Crippen LogP contribution in [0.1, 0.15) is 34.1 Å². The molecule has 2 N–H and O–H groups in total. The van der Waals surface area contributed by atoms with Gasteiger partial charge < -0.3 is 15.4 Å². The van der Waals surface area contributed by atoms with Crippen molar-refractivity contribution in [2.75, 3.05) is 26.8 Å². The van der Waals surface area contributed by atoms with Crippen LogP contribution in [0.25, 0.3) is 0 Å². The molecule has 0 aromatic rings. The molecule has 0 heterocycles. The van der Waals surface area contributed by atoms with E-state index in [-0.39, 0.29) is 17.9 Å². The summed E-state index contributed by atoms with van der Waals surface area (Å²) in [4.78, 5) is 14.2. The lowest BCUT2D eigenvalue weighted by atomic mass is 9.95. The Bertz CT molecular complexity index is 217. The van der Waals surface area contributed by atoms with Crippen molar-refractivity contribution in [3.05, 3.63) is 0 Å². The molecule has 0 rings (SSSR count). The Morgan fingerprint density at radius 1 is 1.29 bits per heavy atom. The summed E-state index contributed by atoms with van der Waals surface area (Å²) in [5, 5.41) is 0. The van der Waals surface area contributed by atoms with E-state index in [1.807, 2.05) is 18.7 Å². The van der Waals surface area contributed by atoms with Gasteiger partial charge in [-0.25, -0.2) is 0 Å². The molecule has 4 heteroatoms. The van der Waals surface area contributed by atoms with E-state index >= 15 is 0 Å². The van der Waals surface area contributed by atoms with Crippen molar-refractivity contribution < 1.29 is 9.53 Å². The van der Waals surface area contributed by atoms with Gasteiger partial charge in [0.25, 0.3) is 0 Å². The molecule has 0 saturated carbocycles. The lowest BCUT2D eigenvalue weighted by Crippen LogP contribution is -2.45. The fraction of sp³-hybridized carbons (Fsp3) is 0.923. The van der Waals surface area contributed by atoms with Crippen LogP contribution >= 0.6 is 0 Å². The van der Waals surface area contributed by atoms with Crippen LogP contribution in [0.5, 0.6) is 0 Å². The summed E-state index contributed by atoms with van der Waals surface area (Å²) in [6.07, 6.45) is 0.853. The average molecular weight is 244 g/mol. The predicted octanol–water partition coefficient (Wildman–Crippen LogP) is 1.49. The number of ether oxygens (including phenoxy) is 1. The first kappa shape index (κ1) is 16.4. The molecule has 4 nitrogen and oxygen atoms in total. The summed E-state index contributed by atoms with van der Waals surface area (Å²) in [5.74, 6) is 0.589. The van der Waals surface area contributed by atoms with E-state index in [0.29, 0.717) is 25.6 Å². The molecule has 17 heavy (non-hydrogen) atoms. The van der Waals surface area contributed by atoms with Crippen LogP contribution in [0.4, 0.5) is 0 Å². The highest BCUT2D eigenvalue weighted by Crippen LogP contribution is 2.15. The number of carbonyl (C=O) groups is 1. The normalized spacial score (nSPS) is 13.2. The van der Waals surface area contributed by atoms with Gasteiger partial charge in [0, 0.05) is 26.2 Å². The van der Waals surface area contributed by atoms with E-state index in [4.69, 9.17) is 10.5 Å².